The van der Waals surface area contributed by atoms with Crippen molar-refractivity contribution in [1.82, 2.24) is 8.96 Å². The van der Waals surface area contributed by atoms with Gasteiger partial charge in [-0.3, -0.25) is 0 Å². The number of ether oxygens (including phenoxy) is 1. The second kappa shape index (κ2) is 11.1. The van der Waals surface area contributed by atoms with Gasteiger partial charge in [-0.05, 0) is 50.5 Å². The fraction of sp³-hybridized carbons (Fsp3) is 0.286. The van der Waals surface area contributed by atoms with Crippen molar-refractivity contribution >= 4 is 32.8 Å². The number of hydrogen-bond donors (Lipinski definition) is 2. The maximum atomic E-state index is 15.2. The Kier molecular flexibility index (Phi) is 7.79. The van der Waals surface area contributed by atoms with Crippen molar-refractivity contribution in [2.75, 3.05) is 5.32 Å². The number of nitrogens with zero attached hydrogens (tertiary/aromatic N) is 2. The highest BCUT2D eigenvalue weighted by Gasteiger charge is 2.38. The van der Waals surface area contributed by atoms with E-state index in [1.165, 1.54) is 24.3 Å². The van der Waals surface area contributed by atoms with Crippen LogP contribution < -0.4 is 11.1 Å². The molecular weight excluding hydrogens is 602 g/mol. The lowest BCUT2D eigenvalue weighted by molar-refractivity contribution is -0.137. The van der Waals surface area contributed by atoms with Crippen molar-refractivity contribution in [3.05, 3.63) is 77.2 Å². The van der Waals surface area contributed by atoms with E-state index in [1.54, 1.807) is 6.92 Å². The predicted octanol–water partition coefficient (Wildman–Crippen LogP) is 6.50. The zero-order valence-corrected chi connectivity index (χ0v) is 23.2. The van der Waals surface area contributed by atoms with Crippen LogP contribution in [0.1, 0.15) is 36.8 Å². The van der Waals surface area contributed by atoms with E-state index in [9.17, 15) is 30.8 Å². The van der Waals surface area contributed by atoms with E-state index < -0.39 is 85.4 Å². The summed E-state index contributed by atoms with van der Waals surface area (Å²) in [4.78, 5) is 14.7. The molecule has 1 aliphatic carbocycles. The van der Waals surface area contributed by atoms with Crippen LogP contribution in [0.4, 0.5) is 37.0 Å². The fourth-order valence-electron chi connectivity index (χ4n) is 5.20. The molecule has 2 aromatic heterocycles. The van der Waals surface area contributed by atoms with E-state index in [-0.39, 0.29) is 17.4 Å². The van der Waals surface area contributed by atoms with Crippen molar-refractivity contribution in [2.45, 2.75) is 55.8 Å². The van der Waals surface area contributed by atoms with Crippen LogP contribution in [0, 0.1) is 24.4 Å². The smallest absolute Gasteiger partial charge is 0.418 e. The van der Waals surface area contributed by atoms with Crippen LogP contribution in [-0.4, -0.2) is 35.6 Å². The molecule has 8 nitrogen and oxygen atoms in total. The highest BCUT2D eigenvalue weighted by atomic mass is 32.2. The molecule has 1 fully saturated rings. The fourth-order valence-corrected chi connectivity index (χ4v) is 6.58. The van der Waals surface area contributed by atoms with E-state index in [0.717, 1.165) is 0 Å². The number of alkyl halides is 3. The van der Waals surface area contributed by atoms with Gasteiger partial charge in [-0.2, -0.15) is 13.2 Å². The third kappa shape index (κ3) is 5.98. The molecule has 0 radical (unpaired) electrons. The first kappa shape index (κ1) is 30.2. The van der Waals surface area contributed by atoms with Gasteiger partial charge in [-0.25, -0.2) is 35.3 Å². The summed E-state index contributed by atoms with van der Waals surface area (Å²) in [5.74, 6) is -4.53. The van der Waals surface area contributed by atoms with Gasteiger partial charge in [0, 0.05) is 35.7 Å². The number of primary amides is 1. The van der Waals surface area contributed by atoms with E-state index >= 15 is 8.78 Å². The molecule has 2 unspecified atom stereocenters. The number of fused-ring (bicyclic) bond motifs is 1. The molecule has 0 bridgehead atoms. The zero-order chi connectivity index (χ0) is 31.3. The standard InChI is InChI=1S/C28H24F6N4O4S/c1-14-5-7-18(8-6-14)43(40,41)38-13-20(19-9-15(29)10-22(30)25(19)38)24-21(28(32,33)34)12-23(31)26(37-24)36-16-3-2-4-17(11-16)42-27(35)39/h5-10,12-13,16-17H,2-4,11H2,1H3,(H2,35,39)(H,36,37). The summed E-state index contributed by atoms with van der Waals surface area (Å²) in [6, 6.07) is 6.09. The van der Waals surface area contributed by atoms with Gasteiger partial charge < -0.3 is 15.8 Å². The minimum Gasteiger partial charge on any atom is -0.446 e. The number of aryl methyl sites for hydroxylation is 1. The Labute approximate surface area is 241 Å². The normalized spacial score (nSPS) is 17.7. The van der Waals surface area contributed by atoms with Crippen LogP contribution >= 0.6 is 0 Å². The zero-order valence-electron chi connectivity index (χ0n) is 22.4. The summed E-state index contributed by atoms with van der Waals surface area (Å²) < 4.78 is 120. The Morgan fingerprint density at radius 3 is 2.42 bits per heavy atom. The monoisotopic (exact) mass is 626 g/mol. The molecule has 15 heteroatoms. The molecule has 43 heavy (non-hydrogen) atoms. The van der Waals surface area contributed by atoms with E-state index in [0.29, 0.717) is 47.1 Å². The second-order valence-electron chi connectivity index (χ2n) is 10.2. The average molecular weight is 627 g/mol. The Bertz CT molecular complexity index is 1820. The summed E-state index contributed by atoms with van der Waals surface area (Å²) in [5.41, 5.74) is 1.92. The van der Waals surface area contributed by atoms with Gasteiger partial charge in [0.15, 0.2) is 17.5 Å². The molecular formula is C28H24F6N4O4S. The third-order valence-corrected chi connectivity index (χ3v) is 8.82. The topological polar surface area (TPSA) is 116 Å². The number of benzene rings is 2. The van der Waals surface area contributed by atoms with Crippen molar-refractivity contribution in [1.29, 1.82) is 0 Å². The molecule has 228 valence electrons. The van der Waals surface area contributed by atoms with E-state index in [1.807, 2.05) is 0 Å². The van der Waals surface area contributed by atoms with Crippen LogP contribution in [0.3, 0.4) is 0 Å². The molecule has 3 N–H and O–H groups in total. The first-order chi connectivity index (χ1) is 20.1. The maximum Gasteiger partial charge on any atom is 0.418 e. The summed E-state index contributed by atoms with van der Waals surface area (Å²) in [6.07, 6.45) is -4.53. The first-order valence-corrected chi connectivity index (χ1v) is 14.4. The third-order valence-electron chi connectivity index (χ3n) is 7.15. The second-order valence-corrected chi connectivity index (χ2v) is 12.0. The predicted molar refractivity (Wildman–Crippen MR) is 144 cm³/mol. The van der Waals surface area contributed by atoms with E-state index in [2.05, 4.69) is 10.3 Å². The molecule has 5 rings (SSSR count). The number of carbonyl (C=O) groups is 1. The Balaban J connectivity index is 1.69. The average Bonchev–Trinajstić information content (AvgIpc) is 3.30. The lowest BCUT2D eigenvalue weighted by atomic mass is 9.93. The van der Waals surface area contributed by atoms with Gasteiger partial charge >= 0.3 is 12.3 Å². The molecule has 0 aliphatic heterocycles. The molecule has 0 spiro atoms. The number of nitrogens with one attached hydrogen (secondary N) is 1. The minimum absolute atomic E-state index is 0.158. The molecule has 1 aliphatic rings. The van der Waals surface area contributed by atoms with Crippen LogP contribution in [0.2, 0.25) is 0 Å². The van der Waals surface area contributed by atoms with Crippen LogP contribution in [0.5, 0.6) is 0 Å². The van der Waals surface area contributed by atoms with Crippen molar-refractivity contribution in [3.63, 3.8) is 0 Å². The number of nitrogens with two attached hydrogens (primary N) is 1. The molecule has 1 saturated carbocycles. The number of anilines is 1. The number of halogens is 6. The first-order valence-electron chi connectivity index (χ1n) is 13.0. The highest BCUT2D eigenvalue weighted by molar-refractivity contribution is 7.90. The van der Waals surface area contributed by atoms with Gasteiger partial charge in [-0.15, -0.1) is 0 Å². The number of rotatable bonds is 6. The molecule has 4 aromatic rings. The van der Waals surface area contributed by atoms with Crippen molar-refractivity contribution < 1.29 is 44.3 Å². The number of pyridine rings is 1. The largest absolute Gasteiger partial charge is 0.446 e. The molecule has 0 saturated heterocycles. The summed E-state index contributed by atoms with van der Waals surface area (Å²) in [7, 11) is -4.61. The van der Waals surface area contributed by atoms with Gasteiger partial charge in [0.1, 0.15) is 17.4 Å². The molecule has 2 atom stereocenters. The number of amides is 1. The number of aromatic nitrogens is 2. The Morgan fingerprint density at radius 1 is 1.07 bits per heavy atom. The van der Waals surface area contributed by atoms with Gasteiger partial charge in [0.2, 0.25) is 0 Å². The van der Waals surface area contributed by atoms with Crippen LogP contribution in [0.25, 0.3) is 22.2 Å². The van der Waals surface area contributed by atoms with Crippen molar-refractivity contribution in [2.24, 2.45) is 5.73 Å². The minimum atomic E-state index is -5.19. The van der Waals surface area contributed by atoms with E-state index in [4.69, 9.17) is 10.5 Å². The van der Waals surface area contributed by atoms with Crippen molar-refractivity contribution in [3.8, 4) is 11.3 Å². The molecule has 2 heterocycles. The van der Waals surface area contributed by atoms with Gasteiger partial charge in [0.25, 0.3) is 10.0 Å². The lowest BCUT2D eigenvalue weighted by Gasteiger charge is -2.29. The van der Waals surface area contributed by atoms with Gasteiger partial charge in [-0.1, -0.05) is 17.7 Å². The lowest BCUT2D eigenvalue weighted by Crippen LogP contribution is -2.34. The SMILES string of the molecule is Cc1ccc(S(=O)(=O)n2cc(-c3nc(NC4CCCC(OC(N)=O)C4)c(F)cc3C(F)(F)F)c3cc(F)cc(F)c32)cc1. The summed E-state index contributed by atoms with van der Waals surface area (Å²) >= 11 is 0. The summed E-state index contributed by atoms with van der Waals surface area (Å²) in [6.45, 7) is 1.70. The van der Waals surface area contributed by atoms with Crippen LogP contribution in [-0.2, 0) is 20.9 Å². The van der Waals surface area contributed by atoms with Crippen LogP contribution in [0.15, 0.2) is 53.6 Å². The van der Waals surface area contributed by atoms with Gasteiger partial charge in [0.05, 0.1) is 16.2 Å². The number of hydrogen-bond acceptors (Lipinski definition) is 6. The molecule has 2 aromatic carbocycles. The highest BCUT2D eigenvalue weighted by Crippen LogP contribution is 2.42. The quantitative estimate of drug-likeness (QED) is 0.236. The summed E-state index contributed by atoms with van der Waals surface area (Å²) in [5, 5.41) is 2.19. The molecule has 1 amide bonds. The Hall–Kier alpha value is -4.27. The number of carbonyl (C=O) groups excluding carboxylic acids is 1. The Morgan fingerprint density at radius 2 is 1.77 bits per heavy atom. The maximum absolute atomic E-state index is 15.2.